The quantitative estimate of drug-likeness (QED) is 0.273. The molecule has 1 aliphatic rings. The van der Waals surface area contributed by atoms with E-state index in [9.17, 15) is 9.18 Å². The van der Waals surface area contributed by atoms with E-state index < -0.39 is 26.2 Å². The largest absolute Gasteiger partial charge is 0.592 e. The van der Waals surface area contributed by atoms with Crippen LogP contribution in [-0.2, 0) is 15.9 Å². The van der Waals surface area contributed by atoms with Crippen LogP contribution in [0.15, 0.2) is 40.7 Å². The van der Waals surface area contributed by atoms with Crippen molar-refractivity contribution in [3.8, 4) is 11.1 Å². The van der Waals surface area contributed by atoms with Crippen LogP contribution in [0.4, 0.5) is 15.1 Å². The molecule has 3 rings (SSSR count). The van der Waals surface area contributed by atoms with E-state index in [1.807, 2.05) is 4.90 Å². The zero-order valence-corrected chi connectivity index (χ0v) is 21.0. The number of amides is 1. The number of guanidine groups is 1. The molecule has 0 atom stereocenters. The van der Waals surface area contributed by atoms with Crippen LogP contribution in [0, 0.1) is 5.82 Å². The first-order valence-electron chi connectivity index (χ1n) is 10.7. The molecular weight excluding hydrogens is 457 g/mol. The highest BCUT2D eigenvalue weighted by atomic mass is 28.4. The summed E-state index contributed by atoms with van der Waals surface area (Å²) in [7, 11) is -1.94. The summed E-state index contributed by atoms with van der Waals surface area (Å²) in [5.41, 5.74) is 12.1. The molecule has 34 heavy (non-hydrogen) atoms. The molecule has 0 saturated carbocycles. The molecule has 12 heteroatoms. The van der Waals surface area contributed by atoms with Crippen molar-refractivity contribution in [2.45, 2.75) is 45.5 Å². The predicted octanol–water partition coefficient (Wildman–Crippen LogP) is 3.39. The summed E-state index contributed by atoms with van der Waals surface area (Å²) < 4.78 is 25.7. The number of rotatable bonds is 6. The maximum absolute atomic E-state index is 15.0. The molecule has 0 radical (unpaired) electrons. The molecule has 1 aromatic carbocycles. The van der Waals surface area contributed by atoms with Crippen LogP contribution in [-0.4, -0.2) is 49.1 Å². The zero-order valence-electron chi connectivity index (χ0n) is 20.0. The lowest BCUT2D eigenvalue weighted by Gasteiger charge is -2.46. The molecule has 1 amide bonds. The maximum Gasteiger partial charge on any atom is 0.437 e. The van der Waals surface area contributed by atoms with Gasteiger partial charge in [0, 0.05) is 29.1 Å². The van der Waals surface area contributed by atoms with Crippen LogP contribution >= 0.6 is 0 Å². The van der Waals surface area contributed by atoms with Gasteiger partial charge in [-0.1, -0.05) is 39.0 Å². The Bertz CT molecular complexity index is 1100. The number of nitrogens with zero attached hydrogens (tertiary/aromatic N) is 5. The van der Waals surface area contributed by atoms with Crippen molar-refractivity contribution >= 4 is 32.0 Å². The molecule has 4 N–H and O–H groups in total. The van der Waals surface area contributed by atoms with Gasteiger partial charge in [-0.05, 0) is 0 Å². The SMILES string of the molecule is CC(C)(C)[Si-](C)(C)ON=C1CN(c2ncc(-c3cccc(COC(=O)N=C(N)N)c3F)cn2)C1. The maximum atomic E-state index is 15.0. The predicted molar refractivity (Wildman–Crippen MR) is 131 cm³/mol. The number of oxime groups is 1. The molecule has 0 spiro atoms. The Balaban J connectivity index is 1.63. The molecule has 10 nitrogen and oxygen atoms in total. The first-order valence-corrected chi connectivity index (χ1v) is 13.6. The van der Waals surface area contributed by atoms with Gasteiger partial charge in [-0.3, -0.25) is 0 Å². The normalized spacial score (nSPS) is 13.7. The van der Waals surface area contributed by atoms with Gasteiger partial charge in [0.25, 0.3) is 0 Å². The number of nitrogens with two attached hydrogens (primary N) is 2. The van der Waals surface area contributed by atoms with Gasteiger partial charge < -0.3 is 25.6 Å². The topological polar surface area (TPSA) is 141 Å². The molecule has 0 bridgehead atoms. The van der Waals surface area contributed by atoms with E-state index >= 15 is 0 Å². The number of hydrogen-bond donors (Lipinski definition) is 2. The lowest BCUT2D eigenvalue weighted by atomic mass is 10.1. The van der Waals surface area contributed by atoms with Crippen LogP contribution in [0.25, 0.3) is 11.1 Å². The Labute approximate surface area is 199 Å². The summed E-state index contributed by atoms with van der Waals surface area (Å²) in [5.74, 6) is -0.449. The molecule has 1 fully saturated rings. The lowest BCUT2D eigenvalue weighted by Crippen LogP contribution is -2.49. The molecule has 1 aliphatic heterocycles. The van der Waals surface area contributed by atoms with Crippen LogP contribution in [0.2, 0.25) is 18.1 Å². The molecule has 183 valence electrons. The Kier molecular flexibility index (Phi) is 7.20. The van der Waals surface area contributed by atoms with Crippen molar-refractivity contribution in [3.63, 3.8) is 0 Å². The fraction of sp³-hybridized carbons (Fsp3) is 0.409. The summed E-state index contributed by atoms with van der Waals surface area (Å²) in [6, 6.07) is 4.75. The second-order valence-corrected chi connectivity index (χ2v) is 14.2. The number of benzene rings is 1. The minimum Gasteiger partial charge on any atom is -0.592 e. The third kappa shape index (κ3) is 5.87. The van der Waals surface area contributed by atoms with Crippen LogP contribution in [0.5, 0.6) is 0 Å². The van der Waals surface area contributed by atoms with Crippen LogP contribution in [0.1, 0.15) is 26.3 Å². The molecule has 2 heterocycles. The summed E-state index contributed by atoms with van der Waals surface area (Å²) in [6.45, 7) is 11.6. The molecule has 0 aliphatic carbocycles. The first kappa shape index (κ1) is 25.1. The summed E-state index contributed by atoms with van der Waals surface area (Å²) >= 11 is 0. The average molecular weight is 488 g/mol. The Morgan fingerprint density at radius 2 is 1.85 bits per heavy atom. The number of carbonyl (C=O) groups excluding carboxylic acids is 1. The third-order valence-electron chi connectivity index (χ3n) is 5.84. The van der Waals surface area contributed by atoms with E-state index in [-0.39, 0.29) is 22.8 Å². The van der Waals surface area contributed by atoms with Gasteiger partial charge in [0.1, 0.15) is 12.4 Å². The fourth-order valence-corrected chi connectivity index (χ4v) is 3.36. The van der Waals surface area contributed by atoms with Crippen LogP contribution in [0.3, 0.4) is 0 Å². The Morgan fingerprint density at radius 1 is 1.21 bits per heavy atom. The van der Waals surface area contributed by atoms with Gasteiger partial charge in [-0.2, -0.15) is 0 Å². The minimum atomic E-state index is -1.94. The zero-order chi connectivity index (χ0) is 25.1. The summed E-state index contributed by atoms with van der Waals surface area (Å²) in [6.07, 6.45) is 2.11. The highest BCUT2D eigenvalue weighted by Gasteiger charge is 2.29. The van der Waals surface area contributed by atoms with Gasteiger partial charge in [-0.25, -0.2) is 19.2 Å². The number of aromatic nitrogens is 2. The molecule has 1 aromatic heterocycles. The van der Waals surface area contributed by atoms with Gasteiger partial charge in [0.05, 0.1) is 27.1 Å². The van der Waals surface area contributed by atoms with Gasteiger partial charge in [0.2, 0.25) is 5.95 Å². The highest BCUT2D eigenvalue weighted by Crippen LogP contribution is 2.36. The molecule has 2 aromatic rings. The van der Waals surface area contributed by atoms with Crippen molar-refractivity contribution in [3.05, 3.63) is 42.0 Å². The molecular formula is C22H30FN7O3Si-. The average Bonchev–Trinajstić information content (AvgIpc) is 2.71. The number of carbonyl (C=O) groups is 1. The molecule has 0 unspecified atom stereocenters. The Hall–Kier alpha value is -3.54. The summed E-state index contributed by atoms with van der Waals surface area (Å²) in [5, 5.41) is 4.43. The standard InChI is InChI=1S/C22H30FN7O3Si/c1-22(2,3)34(4,5)33-29-16-11-30(12-16)20-26-9-15(10-27-20)17-8-6-7-14(18(17)23)13-32-21(31)28-19(24)25/h6-10H,11-13H2,1-5H3,(H4,24,25,28,31)/q-1. The van der Waals surface area contributed by atoms with E-state index in [2.05, 4.69) is 54.0 Å². The fourth-order valence-electron chi connectivity index (χ4n) is 2.72. The van der Waals surface area contributed by atoms with Gasteiger partial charge in [0.15, 0.2) is 5.96 Å². The lowest BCUT2D eigenvalue weighted by molar-refractivity contribution is 0.149. The summed E-state index contributed by atoms with van der Waals surface area (Å²) in [4.78, 5) is 25.4. The van der Waals surface area contributed by atoms with Crippen molar-refractivity contribution in [1.29, 1.82) is 0 Å². The van der Waals surface area contributed by atoms with E-state index in [0.29, 0.717) is 24.6 Å². The van der Waals surface area contributed by atoms with E-state index in [0.717, 1.165) is 5.71 Å². The minimum absolute atomic E-state index is 0.0834. The number of aliphatic imine (C=N–C) groups is 1. The van der Waals surface area contributed by atoms with Crippen molar-refractivity contribution < 1.29 is 18.4 Å². The number of ether oxygens (including phenoxy) is 1. The monoisotopic (exact) mass is 487 g/mol. The van der Waals surface area contributed by atoms with Crippen molar-refractivity contribution in [2.75, 3.05) is 18.0 Å². The van der Waals surface area contributed by atoms with Gasteiger partial charge >= 0.3 is 6.09 Å². The first-order chi connectivity index (χ1) is 15.9. The van der Waals surface area contributed by atoms with Crippen molar-refractivity contribution in [2.24, 2.45) is 21.6 Å². The van der Waals surface area contributed by atoms with Crippen LogP contribution < -0.4 is 16.4 Å². The number of anilines is 1. The van der Waals surface area contributed by atoms with E-state index in [1.165, 1.54) is 6.07 Å². The Morgan fingerprint density at radius 3 is 2.44 bits per heavy atom. The van der Waals surface area contributed by atoms with Gasteiger partial charge in [-0.15, -0.1) is 28.3 Å². The van der Waals surface area contributed by atoms with Crippen molar-refractivity contribution in [1.82, 2.24) is 9.97 Å². The second kappa shape index (κ2) is 9.75. The third-order valence-corrected chi connectivity index (χ3v) is 10.00. The number of hydrogen-bond acceptors (Lipinski definition) is 7. The molecule has 1 saturated heterocycles. The highest BCUT2D eigenvalue weighted by molar-refractivity contribution is 6.74. The van der Waals surface area contributed by atoms with E-state index in [4.69, 9.17) is 20.7 Å². The number of halogens is 1. The van der Waals surface area contributed by atoms with E-state index in [1.54, 1.807) is 24.5 Å². The smallest absolute Gasteiger partial charge is 0.437 e. The second-order valence-electron chi connectivity index (χ2n) is 9.51.